The van der Waals surface area contributed by atoms with Gasteiger partial charge in [-0.2, -0.15) is 29.8 Å². The third-order valence-electron chi connectivity index (χ3n) is 12.0. The summed E-state index contributed by atoms with van der Waals surface area (Å²) in [6, 6.07) is 58.8. The summed E-state index contributed by atoms with van der Waals surface area (Å²) in [5.41, 5.74) is 14.7. The number of benzene rings is 7. The van der Waals surface area contributed by atoms with Gasteiger partial charge in [0.15, 0.2) is 0 Å². The molecule has 62 heavy (non-hydrogen) atoms. The maximum absolute atomic E-state index is 6.99. The third kappa shape index (κ3) is 7.88. The molecule has 7 aromatic carbocycles. The van der Waals surface area contributed by atoms with E-state index in [9.17, 15) is 0 Å². The average molecular weight is 993 g/mol. The average Bonchev–Trinajstić information content (AvgIpc) is 3.79. The normalized spacial score (nSPS) is 13.0. The Hall–Kier alpha value is -5.57. The molecule has 0 bridgehead atoms. The number of ether oxygens (including phenoxy) is 1. The molecule has 0 saturated carbocycles. The van der Waals surface area contributed by atoms with Crippen molar-refractivity contribution in [2.75, 3.05) is 9.80 Å². The molecule has 1 aliphatic rings. The smallest absolute Gasteiger partial charge is 0.509 e. The first-order chi connectivity index (χ1) is 29.2. The van der Waals surface area contributed by atoms with Crippen LogP contribution >= 0.6 is 0 Å². The van der Waals surface area contributed by atoms with Crippen LogP contribution in [0.1, 0.15) is 103 Å². The standard InChI is InChI=1S/C57H55N3O.Pt/c1-37(2)45-22-18-23-46(38(3)4)55(45)39-31-42(58-36-59(53-28-16-15-27-52(53)58)51-26-14-12-24-49(51)57(8,9)10)34-44(32-39)61-43-29-30-48-47-21-11-13-25-50(47)60(54(48)35-43)41-20-17-19-40(33-41)56(5,6)7;/h11-19,21-33,36-38H,1-10H3;/q-4;+4. The minimum atomic E-state index is -0.0512. The topological polar surface area (TPSA) is 20.6 Å². The van der Waals surface area contributed by atoms with Crippen LogP contribution in [0.3, 0.4) is 0 Å². The predicted molar refractivity (Wildman–Crippen MR) is 256 cm³/mol. The van der Waals surface area contributed by atoms with Crippen LogP contribution in [0.15, 0.2) is 133 Å². The van der Waals surface area contributed by atoms with Crippen molar-refractivity contribution in [3.63, 3.8) is 0 Å². The minimum Gasteiger partial charge on any atom is -0.509 e. The Labute approximate surface area is 383 Å². The molecule has 0 aliphatic carbocycles. The van der Waals surface area contributed by atoms with Crippen LogP contribution in [-0.4, -0.2) is 4.57 Å². The number of rotatable bonds is 8. The summed E-state index contributed by atoms with van der Waals surface area (Å²) in [7, 11) is 0. The van der Waals surface area contributed by atoms with Crippen molar-refractivity contribution in [1.29, 1.82) is 0 Å². The van der Waals surface area contributed by atoms with E-state index in [0.29, 0.717) is 23.3 Å². The van der Waals surface area contributed by atoms with E-state index in [0.717, 1.165) is 55.8 Å². The van der Waals surface area contributed by atoms with Crippen LogP contribution in [0, 0.1) is 24.9 Å². The number of anilines is 4. The van der Waals surface area contributed by atoms with Crippen molar-refractivity contribution in [1.82, 2.24) is 4.57 Å². The van der Waals surface area contributed by atoms with Gasteiger partial charge in [0, 0.05) is 34.1 Å². The van der Waals surface area contributed by atoms with Crippen LogP contribution in [-0.2, 0) is 31.9 Å². The summed E-state index contributed by atoms with van der Waals surface area (Å²) >= 11 is 0. The molecule has 8 aromatic rings. The molecule has 0 atom stereocenters. The number of hydrogen-bond donors (Lipinski definition) is 0. The van der Waals surface area contributed by atoms with Gasteiger partial charge in [0.2, 0.25) is 0 Å². The van der Waals surface area contributed by atoms with E-state index in [1.54, 1.807) is 0 Å². The molecule has 0 saturated heterocycles. The summed E-state index contributed by atoms with van der Waals surface area (Å²) in [6.07, 6.45) is 0. The van der Waals surface area contributed by atoms with Gasteiger partial charge in [-0.3, -0.25) is 0 Å². The Morgan fingerprint density at radius 2 is 1.21 bits per heavy atom. The minimum absolute atomic E-state index is 0. The molecule has 1 aromatic heterocycles. The first-order valence-corrected chi connectivity index (χ1v) is 21.7. The molecule has 314 valence electrons. The summed E-state index contributed by atoms with van der Waals surface area (Å²) in [6.45, 7) is 24.9. The molecular weight excluding hydrogens is 938 g/mol. The zero-order valence-electron chi connectivity index (χ0n) is 37.5. The fourth-order valence-corrected chi connectivity index (χ4v) is 8.91. The second-order valence-corrected chi connectivity index (χ2v) is 19.1. The molecule has 5 heteroatoms. The fourth-order valence-electron chi connectivity index (χ4n) is 8.91. The first kappa shape index (κ1) is 43.1. The molecule has 0 N–H and O–H groups in total. The van der Waals surface area contributed by atoms with Crippen LogP contribution in [0.25, 0.3) is 38.6 Å². The molecule has 2 heterocycles. The van der Waals surface area contributed by atoms with Gasteiger partial charge >= 0.3 is 21.1 Å². The molecule has 1 aliphatic heterocycles. The van der Waals surface area contributed by atoms with Gasteiger partial charge in [0.1, 0.15) is 0 Å². The Morgan fingerprint density at radius 3 is 1.89 bits per heavy atom. The van der Waals surface area contributed by atoms with Gasteiger partial charge in [-0.15, -0.1) is 59.7 Å². The molecule has 9 rings (SSSR count). The Morgan fingerprint density at radius 1 is 0.565 bits per heavy atom. The van der Waals surface area contributed by atoms with Crippen LogP contribution in [0.4, 0.5) is 22.7 Å². The molecule has 0 spiro atoms. The second-order valence-electron chi connectivity index (χ2n) is 19.1. The second kappa shape index (κ2) is 16.6. The molecule has 0 amide bonds. The van der Waals surface area contributed by atoms with Crippen LogP contribution < -0.4 is 14.5 Å². The number of aromatic nitrogens is 1. The van der Waals surface area contributed by atoms with E-state index in [2.05, 4.69) is 230 Å². The fraction of sp³-hybridized carbons (Fsp3) is 0.246. The summed E-state index contributed by atoms with van der Waals surface area (Å²) < 4.78 is 9.26. The van der Waals surface area contributed by atoms with E-state index < -0.39 is 0 Å². The van der Waals surface area contributed by atoms with Crippen LogP contribution in [0.5, 0.6) is 11.5 Å². The van der Waals surface area contributed by atoms with E-state index in [1.165, 1.54) is 27.8 Å². The zero-order valence-corrected chi connectivity index (χ0v) is 39.8. The zero-order chi connectivity index (χ0) is 42.8. The van der Waals surface area contributed by atoms with Crippen molar-refractivity contribution in [3.05, 3.63) is 181 Å². The number of nitrogens with zero attached hydrogens (tertiary/aromatic N) is 3. The van der Waals surface area contributed by atoms with Gasteiger partial charge in [-0.05, 0) is 74.6 Å². The van der Waals surface area contributed by atoms with Crippen molar-refractivity contribution >= 4 is 44.6 Å². The largest absolute Gasteiger partial charge is 4.00 e. The van der Waals surface area contributed by atoms with Gasteiger partial charge in [0.05, 0.1) is 0 Å². The molecular formula is C57H55N3OPt. The predicted octanol–water partition coefficient (Wildman–Crippen LogP) is 15.9. The Bertz CT molecular complexity index is 2900. The van der Waals surface area contributed by atoms with Gasteiger partial charge in [-0.1, -0.05) is 147 Å². The quantitative estimate of drug-likeness (QED) is 0.142. The number of hydrogen-bond acceptors (Lipinski definition) is 3. The summed E-state index contributed by atoms with van der Waals surface area (Å²) in [5.74, 6) is 1.89. The number of para-hydroxylation sites is 4. The van der Waals surface area contributed by atoms with Gasteiger partial charge < -0.3 is 19.1 Å². The maximum Gasteiger partial charge on any atom is 4.00 e. The molecule has 0 fully saturated rings. The summed E-state index contributed by atoms with van der Waals surface area (Å²) in [4.78, 5) is 4.59. The van der Waals surface area contributed by atoms with Gasteiger partial charge in [-0.25, -0.2) is 0 Å². The van der Waals surface area contributed by atoms with Crippen molar-refractivity contribution in [2.24, 2.45) is 0 Å². The van der Waals surface area contributed by atoms with Crippen molar-refractivity contribution < 1.29 is 25.8 Å². The third-order valence-corrected chi connectivity index (χ3v) is 12.0. The Kier molecular flexibility index (Phi) is 11.5. The SMILES string of the molecule is CC(C)c1cccc(C(C)C)c1-c1cc(Oc2[c-]c3c(cc2)c2ccccc2n3-c2[c-]ccc(C(C)(C)C)c2)[c-]c(N2[CH-]N(c3ccccc3C(C)(C)C)c3ccccc32)c1.[Pt+4]. The maximum atomic E-state index is 6.99. The van der Waals surface area contributed by atoms with E-state index in [1.807, 2.05) is 12.1 Å². The van der Waals surface area contributed by atoms with Gasteiger partial charge in [0.25, 0.3) is 0 Å². The number of fused-ring (bicyclic) bond motifs is 4. The first-order valence-electron chi connectivity index (χ1n) is 21.7. The van der Waals surface area contributed by atoms with Crippen LogP contribution in [0.2, 0.25) is 0 Å². The van der Waals surface area contributed by atoms with Crippen molar-refractivity contribution in [2.45, 2.75) is 91.9 Å². The molecule has 4 nitrogen and oxygen atoms in total. The summed E-state index contributed by atoms with van der Waals surface area (Å²) in [5, 5.41) is 2.28. The molecule has 0 radical (unpaired) electrons. The van der Waals surface area contributed by atoms with E-state index in [4.69, 9.17) is 4.74 Å². The Balaban J connectivity index is 0.00000529. The van der Waals surface area contributed by atoms with E-state index >= 15 is 0 Å². The molecule has 0 unspecified atom stereocenters. The monoisotopic (exact) mass is 992 g/mol. The van der Waals surface area contributed by atoms with E-state index in [-0.39, 0.29) is 31.9 Å². The van der Waals surface area contributed by atoms with Crippen molar-refractivity contribution in [3.8, 4) is 28.3 Å².